The molecule has 0 fully saturated rings. The number of aryl methyl sites for hydroxylation is 5. The van der Waals surface area contributed by atoms with Crippen molar-refractivity contribution in [3.8, 4) is 0 Å². The third-order valence-corrected chi connectivity index (χ3v) is 5.56. The summed E-state index contributed by atoms with van der Waals surface area (Å²) in [5, 5.41) is 2.57. The van der Waals surface area contributed by atoms with Crippen LogP contribution in [0.25, 0.3) is 0 Å². The number of hydrogen-bond donors (Lipinski definition) is 3. The van der Waals surface area contributed by atoms with Gasteiger partial charge in [0, 0.05) is 29.9 Å². The van der Waals surface area contributed by atoms with Crippen molar-refractivity contribution in [1.29, 1.82) is 0 Å². The van der Waals surface area contributed by atoms with Gasteiger partial charge in [-0.2, -0.15) is 0 Å². The van der Waals surface area contributed by atoms with Crippen molar-refractivity contribution in [3.05, 3.63) is 52.5 Å². The Kier molecular flexibility index (Phi) is 12.4. The Morgan fingerprint density at radius 1 is 0.892 bits per heavy atom. The number of pyridine rings is 2. The maximum atomic E-state index is 12.1. The Morgan fingerprint density at radius 3 is 1.89 bits per heavy atom. The molecule has 2 aromatic rings. The van der Waals surface area contributed by atoms with Crippen LogP contribution >= 0.6 is 0 Å². The van der Waals surface area contributed by atoms with Crippen LogP contribution in [0.15, 0.2) is 24.3 Å². The number of carbonyl (C=O) groups is 3. The van der Waals surface area contributed by atoms with Gasteiger partial charge in [-0.1, -0.05) is 12.1 Å². The molecule has 37 heavy (non-hydrogen) atoms. The monoisotopic (exact) mass is 513 g/mol. The Labute approximate surface area is 220 Å². The maximum Gasteiger partial charge on any atom is 0.408 e. The molecule has 2 rings (SSSR count). The second-order valence-electron chi connectivity index (χ2n) is 10.3. The molecule has 0 saturated carbocycles. The van der Waals surface area contributed by atoms with Gasteiger partial charge in [0.2, 0.25) is 0 Å². The van der Waals surface area contributed by atoms with Gasteiger partial charge >= 0.3 is 6.09 Å². The summed E-state index contributed by atoms with van der Waals surface area (Å²) in [6, 6.07) is 6.65. The number of alkyl carbamates (subject to hydrolysis) is 1. The summed E-state index contributed by atoms with van der Waals surface area (Å²) in [5.41, 5.74) is 15.3. The lowest BCUT2D eigenvalue weighted by molar-refractivity contribution is -0.121. The number of hydrogen-bond acceptors (Lipinski definition) is 8. The number of ether oxygens (including phenoxy) is 1. The average molecular weight is 514 g/mol. The molecular formula is C28H43N5O4. The van der Waals surface area contributed by atoms with Gasteiger partial charge < -0.3 is 21.5 Å². The van der Waals surface area contributed by atoms with E-state index in [4.69, 9.17) is 16.2 Å². The van der Waals surface area contributed by atoms with Crippen molar-refractivity contribution in [1.82, 2.24) is 15.3 Å². The van der Waals surface area contributed by atoms with Gasteiger partial charge in [0.25, 0.3) is 0 Å². The first-order chi connectivity index (χ1) is 17.1. The Bertz CT molecular complexity index is 1080. The normalized spacial score (nSPS) is 12.6. The van der Waals surface area contributed by atoms with Gasteiger partial charge in [-0.25, -0.2) is 9.78 Å². The number of nitrogens with one attached hydrogen (secondary N) is 1. The van der Waals surface area contributed by atoms with Gasteiger partial charge in [0.1, 0.15) is 17.2 Å². The number of aromatic nitrogens is 2. The van der Waals surface area contributed by atoms with Gasteiger partial charge in [-0.05, 0) is 91.5 Å². The third-order valence-electron chi connectivity index (χ3n) is 5.56. The number of rotatable bonds is 9. The van der Waals surface area contributed by atoms with E-state index in [9.17, 15) is 14.4 Å². The van der Waals surface area contributed by atoms with E-state index in [1.807, 2.05) is 39.0 Å². The molecule has 9 nitrogen and oxygen atoms in total. The number of ketones is 2. The lowest BCUT2D eigenvalue weighted by Crippen LogP contribution is -2.41. The molecule has 2 aromatic heterocycles. The molecule has 204 valence electrons. The molecule has 0 aliphatic heterocycles. The first kappa shape index (κ1) is 31.7. The van der Waals surface area contributed by atoms with E-state index in [0.29, 0.717) is 31.5 Å². The van der Waals surface area contributed by atoms with Gasteiger partial charge in [-0.15, -0.1) is 0 Å². The summed E-state index contributed by atoms with van der Waals surface area (Å²) < 4.78 is 5.14. The smallest absolute Gasteiger partial charge is 0.408 e. The predicted octanol–water partition coefficient (Wildman–Crippen LogP) is 3.93. The van der Waals surface area contributed by atoms with Crippen LogP contribution in [0.2, 0.25) is 0 Å². The lowest BCUT2D eigenvalue weighted by Gasteiger charge is -2.21. The van der Waals surface area contributed by atoms with E-state index >= 15 is 0 Å². The number of Topliss-reactive ketones (excluding diaryl/α,β-unsaturated/α-hetero) is 2. The molecule has 0 aliphatic rings. The topological polar surface area (TPSA) is 150 Å². The van der Waals surface area contributed by atoms with Crippen LogP contribution in [0, 0.1) is 20.8 Å². The molecule has 0 aliphatic carbocycles. The molecule has 9 heteroatoms. The van der Waals surface area contributed by atoms with E-state index in [1.54, 1.807) is 40.7 Å². The summed E-state index contributed by atoms with van der Waals surface area (Å²) in [6.45, 7) is 14.5. The molecule has 0 bridgehead atoms. The first-order valence-corrected chi connectivity index (χ1v) is 12.5. The molecule has 0 aromatic carbocycles. The van der Waals surface area contributed by atoms with Crippen LogP contribution in [-0.4, -0.2) is 45.3 Å². The zero-order chi connectivity index (χ0) is 28.3. The van der Waals surface area contributed by atoms with Crippen LogP contribution < -0.4 is 16.8 Å². The molecule has 2 heterocycles. The Morgan fingerprint density at radius 2 is 1.41 bits per heavy atom. The van der Waals surface area contributed by atoms with Crippen molar-refractivity contribution in [2.45, 2.75) is 98.8 Å². The minimum Gasteiger partial charge on any atom is -0.444 e. The highest BCUT2D eigenvalue weighted by Gasteiger charge is 2.21. The summed E-state index contributed by atoms with van der Waals surface area (Å²) in [5.74, 6) is 0.562. The van der Waals surface area contributed by atoms with E-state index in [-0.39, 0.29) is 17.6 Å². The minimum absolute atomic E-state index is 0.0224. The first-order valence-electron chi connectivity index (χ1n) is 12.5. The molecule has 0 saturated heterocycles. The lowest BCUT2D eigenvalue weighted by atomic mass is 10.0. The summed E-state index contributed by atoms with van der Waals surface area (Å²) in [7, 11) is 0. The summed E-state index contributed by atoms with van der Waals surface area (Å²) in [6.07, 6.45) is 1.56. The molecule has 1 amide bonds. The standard InChI is InChI=1S/C17H26N2O3.C11H17N3O/c1-11-7-8-14(12(2)18-11)9-10-15(20)13(3)19-16(21)22-17(4,5)6;1-7(12)10(15)5-3-9-4-6-11(13)14-8(9)2/h7-8,13H,9-10H2,1-6H3,(H,19,21);4,6-7H,3,5,12H2,1-2H3,(H2,13,14)/t13-;7-/m00/s1. The number of nitrogens with zero attached hydrogens (tertiary/aromatic N) is 2. The van der Waals surface area contributed by atoms with E-state index in [2.05, 4.69) is 15.3 Å². The molecular weight excluding hydrogens is 470 g/mol. The molecule has 0 unspecified atom stereocenters. The van der Waals surface area contributed by atoms with Gasteiger partial charge in [0.05, 0.1) is 12.1 Å². The van der Waals surface area contributed by atoms with E-state index in [0.717, 1.165) is 28.2 Å². The molecule has 2 atom stereocenters. The largest absolute Gasteiger partial charge is 0.444 e. The second kappa shape index (κ2) is 14.4. The van der Waals surface area contributed by atoms with E-state index < -0.39 is 17.7 Å². The van der Waals surface area contributed by atoms with Crippen LogP contribution in [0.4, 0.5) is 10.6 Å². The van der Waals surface area contributed by atoms with Gasteiger partial charge in [-0.3, -0.25) is 14.6 Å². The third kappa shape index (κ3) is 12.5. The van der Waals surface area contributed by atoms with Crippen LogP contribution in [0.3, 0.4) is 0 Å². The SMILES string of the molecule is Cc1ccc(CCC(=O)[C@H](C)NC(=O)OC(C)(C)C)c(C)n1.Cc1nc(N)ccc1CCC(=O)[C@H](C)N. The van der Waals surface area contributed by atoms with Crippen LogP contribution in [0.5, 0.6) is 0 Å². The van der Waals surface area contributed by atoms with Crippen LogP contribution in [-0.2, 0) is 27.2 Å². The number of carbonyl (C=O) groups excluding carboxylic acids is 3. The second-order valence-corrected chi connectivity index (χ2v) is 10.3. The van der Waals surface area contributed by atoms with Crippen molar-refractivity contribution < 1.29 is 19.1 Å². The molecule has 5 N–H and O–H groups in total. The fourth-order valence-corrected chi connectivity index (χ4v) is 3.38. The number of anilines is 1. The van der Waals surface area contributed by atoms with Gasteiger partial charge in [0.15, 0.2) is 5.78 Å². The average Bonchev–Trinajstić information content (AvgIpc) is 2.76. The summed E-state index contributed by atoms with van der Waals surface area (Å²) in [4.78, 5) is 43.6. The zero-order valence-corrected chi connectivity index (χ0v) is 23.5. The highest BCUT2D eigenvalue weighted by atomic mass is 16.6. The zero-order valence-electron chi connectivity index (χ0n) is 23.5. The highest BCUT2D eigenvalue weighted by molar-refractivity contribution is 5.87. The minimum atomic E-state index is -0.572. The van der Waals surface area contributed by atoms with Crippen molar-refractivity contribution in [2.75, 3.05) is 5.73 Å². The van der Waals surface area contributed by atoms with Crippen molar-refractivity contribution in [2.24, 2.45) is 5.73 Å². The number of nitrogens with two attached hydrogens (primary N) is 2. The molecule has 0 radical (unpaired) electrons. The van der Waals surface area contributed by atoms with Crippen LogP contribution in [0.1, 0.15) is 75.7 Å². The number of nitrogen functional groups attached to an aromatic ring is 1. The number of amides is 1. The Hall–Kier alpha value is -3.33. The molecule has 0 spiro atoms. The maximum absolute atomic E-state index is 12.1. The van der Waals surface area contributed by atoms with Crippen molar-refractivity contribution >= 4 is 23.5 Å². The highest BCUT2D eigenvalue weighted by Crippen LogP contribution is 2.12. The summed E-state index contributed by atoms with van der Waals surface area (Å²) >= 11 is 0. The quantitative estimate of drug-likeness (QED) is 0.456. The van der Waals surface area contributed by atoms with E-state index in [1.165, 1.54) is 0 Å². The fraction of sp³-hybridized carbons (Fsp3) is 0.536. The Balaban J connectivity index is 0.000000397. The van der Waals surface area contributed by atoms with Crippen molar-refractivity contribution in [3.63, 3.8) is 0 Å². The predicted molar refractivity (Wildman–Crippen MR) is 146 cm³/mol. The fourth-order valence-electron chi connectivity index (χ4n) is 3.38.